The van der Waals surface area contributed by atoms with Crippen molar-refractivity contribution in [1.82, 2.24) is 25.1 Å². The van der Waals surface area contributed by atoms with E-state index in [0.717, 1.165) is 12.2 Å². The molecule has 0 bridgehead atoms. The van der Waals surface area contributed by atoms with Crippen LogP contribution in [0.15, 0.2) is 0 Å². The maximum atomic E-state index is 10.7. The first-order valence-electron chi connectivity index (χ1n) is 4.38. The van der Waals surface area contributed by atoms with Gasteiger partial charge in [0.15, 0.2) is 5.82 Å². The van der Waals surface area contributed by atoms with Crippen LogP contribution in [0.4, 0.5) is 4.79 Å². The van der Waals surface area contributed by atoms with E-state index in [1.807, 2.05) is 0 Å². The number of aromatic nitrogens is 4. The second kappa shape index (κ2) is 3.24. The third-order valence-corrected chi connectivity index (χ3v) is 2.48. The predicted molar refractivity (Wildman–Crippen MR) is 45.8 cm³/mol. The van der Waals surface area contributed by atoms with Gasteiger partial charge in [0.2, 0.25) is 0 Å². The Kier molecular flexibility index (Phi) is 2.06. The fraction of sp³-hybridized carbons (Fsp3) is 0.714. The van der Waals surface area contributed by atoms with Crippen molar-refractivity contribution in [3.8, 4) is 0 Å². The van der Waals surface area contributed by atoms with E-state index >= 15 is 0 Å². The van der Waals surface area contributed by atoms with Gasteiger partial charge in [0.25, 0.3) is 0 Å². The number of hydrogen-bond donors (Lipinski definition) is 1. The largest absolute Gasteiger partial charge is 0.465 e. The summed E-state index contributed by atoms with van der Waals surface area (Å²) in [7, 11) is 1.76. The Bertz CT molecular complexity index is 350. The van der Waals surface area contributed by atoms with Crippen molar-refractivity contribution in [3.05, 3.63) is 5.82 Å². The standard InChI is InChI=1S/C7H11N5O2/c1-11-6(8-9-10-11)5-2-3-12(4-5)7(13)14/h5H,2-4H2,1H3,(H,13,14)/t5-/m1/s1. The number of likely N-dealkylation sites (tertiary alicyclic amines) is 1. The Balaban J connectivity index is 2.10. The van der Waals surface area contributed by atoms with Gasteiger partial charge in [0, 0.05) is 26.1 Å². The van der Waals surface area contributed by atoms with E-state index in [1.54, 1.807) is 11.7 Å². The molecule has 1 N–H and O–H groups in total. The molecular weight excluding hydrogens is 186 g/mol. The first kappa shape index (κ1) is 8.92. The Morgan fingerprint density at radius 3 is 2.93 bits per heavy atom. The van der Waals surface area contributed by atoms with Gasteiger partial charge in [0.05, 0.1) is 0 Å². The minimum atomic E-state index is -0.873. The monoisotopic (exact) mass is 197 g/mol. The van der Waals surface area contributed by atoms with Crippen LogP contribution in [-0.2, 0) is 7.05 Å². The summed E-state index contributed by atoms with van der Waals surface area (Å²) < 4.78 is 1.59. The Morgan fingerprint density at radius 1 is 1.64 bits per heavy atom. The van der Waals surface area contributed by atoms with Crippen LogP contribution < -0.4 is 0 Å². The predicted octanol–water partition coefficient (Wildman–Crippen LogP) is -0.323. The van der Waals surface area contributed by atoms with Crippen LogP contribution in [0.25, 0.3) is 0 Å². The van der Waals surface area contributed by atoms with Gasteiger partial charge in [-0.05, 0) is 16.8 Å². The minimum absolute atomic E-state index is 0.131. The summed E-state index contributed by atoms with van der Waals surface area (Å²) >= 11 is 0. The van der Waals surface area contributed by atoms with Crippen molar-refractivity contribution in [3.63, 3.8) is 0 Å². The van der Waals surface area contributed by atoms with Gasteiger partial charge in [-0.25, -0.2) is 9.48 Å². The highest BCUT2D eigenvalue weighted by Gasteiger charge is 2.29. The number of aryl methyl sites for hydroxylation is 1. The quantitative estimate of drug-likeness (QED) is 0.666. The molecule has 1 amide bonds. The molecule has 0 unspecified atom stereocenters. The Labute approximate surface area is 80.3 Å². The van der Waals surface area contributed by atoms with Gasteiger partial charge in [0.1, 0.15) is 0 Å². The van der Waals surface area contributed by atoms with Crippen molar-refractivity contribution in [2.24, 2.45) is 7.05 Å². The molecule has 1 aliphatic heterocycles. The lowest BCUT2D eigenvalue weighted by atomic mass is 10.1. The van der Waals surface area contributed by atoms with Crippen molar-refractivity contribution < 1.29 is 9.90 Å². The lowest BCUT2D eigenvalue weighted by molar-refractivity contribution is 0.155. The fourth-order valence-corrected chi connectivity index (χ4v) is 1.73. The summed E-state index contributed by atoms with van der Waals surface area (Å²) in [5.41, 5.74) is 0. The van der Waals surface area contributed by atoms with Gasteiger partial charge in [-0.2, -0.15) is 0 Å². The van der Waals surface area contributed by atoms with Crippen molar-refractivity contribution >= 4 is 6.09 Å². The highest BCUT2D eigenvalue weighted by atomic mass is 16.4. The maximum absolute atomic E-state index is 10.7. The molecule has 1 fully saturated rings. The number of tetrazole rings is 1. The molecule has 7 nitrogen and oxygen atoms in total. The van der Waals surface area contributed by atoms with E-state index < -0.39 is 6.09 Å². The van der Waals surface area contributed by atoms with Gasteiger partial charge < -0.3 is 10.0 Å². The zero-order valence-electron chi connectivity index (χ0n) is 7.79. The third kappa shape index (κ3) is 1.40. The average Bonchev–Trinajstić information content (AvgIpc) is 2.71. The highest BCUT2D eigenvalue weighted by molar-refractivity contribution is 5.65. The zero-order valence-corrected chi connectivity index (χ0v) is 7.79. The zero-order chi connectivity index (χ0) is 10.1. The summed E-state index contributed by atoms with van der Waals surface area (Å²) in [6.45, 7) is 1.05. The fourth-order valence-electron chi connectivity index (χ4n) is 1.73. The van der Waals surface area contributed by atoms with E-state index in [1.165, 1.54) is 4.90 Å². The second-order valence-electron chi connectivity index (χ2n) is 3.37. The molecule has 0 radical (unpaired) electrons. The number of carboxylic acid groups (broad SMARTS) is 1. The SMILES string of the molecule is Cn1nnnc1[C@@H]1CCN(C(=O)O)C1. The van der Waals surface area contributed by atoms with Crippen LogP contribution in [0, 0.1) is 0 Å². The molecule has 0 saturated carbocycles. The summed E-state index contributed by atoms with van der Waals surface area (Å²) in [5.74, 6) is 0.889. The molecule has 7 heteroatoms. The van der Waals surface area contributed by atoms with E-state index in [4.69, 9.17) is 5.11 Å². The molecular formula is C7H11N5O2. The van der Waals surface area contributed by atoms with Crippen LogP contribution in [-0.4, -0.2) is 49.4 Å². The molecule has 2 rings (SSSR count). The van der Waals surface area contributed by atoms with Crippen LogP contribution >= 0.6 is 0 Å². The van der Waals surface area contributed by atoms with Gasteiger partial charge in [-0.1, -0.05) is 0 Å². The van der Waals surface area contributed by atoms with Gasteiger partial charge in [-0.3, -0.25) is 0 Å². The Hall–Kier alpha value is -1.66. The number of hydrogen-bond acceptors (Lipinski definition) is 4. The van der Waals surface area contributed by atoms with Crippen molar-refractivity contribution in [2.45, 2.75) is 12.3 Å². The molecule has 0 aromatic carbocycles. The smallest absolute Gasteiger partial charge is 0.407 e. The molecule has 2 heterocycles. The normalized spacial score (nSPS) is 21.5. The topological polar surface area (TPSA) is 84.1 Å². The Morgan fingerprint density at radius 2 is 2.43 bits per heavy atom. The van der Waals surface area contributed by atoms with E-state index in [9.17, 15) is 4.79 Å². The summed E-state index contributed by atoms with van der Waals surface area (Å²) in [4.78, 5) is 12.1. The van der Waals surface area contributed by atoms with E-state index in [2.05, 4.69) is 15.5 Å². The molecule has 1 aliphatic rings. The number of carbonyl (C=O) groups is 1. The average molecular weight is 197 g/mol. The molecule has 76 valence electrons. The first-order valence-corrected chi connectivity index (χ1v) is 4.38. The molecule has 1 aromatic rings. The number of nitrogens with zero attached hydrogens (tertiary/aromatic N) is 5. The minimum Gasteiger partial charge on any atom is -0.465 e. The van der Waals surface area contributed by atoms with Crippen LogP contribution in [0.2, 0.25) is 0 Å². The lowest BCUT2D eigenvalue weighted by Gasteiger charge is -2.10. The van der Waals surface area contributed by atoms with Crippen LogP contribution in [0.3, 0.4) is 0 Å². The van der Waals surface area contributed by atoms with Crippen molar-refractivity contribution in [1.29, 1.82) is 0 Å². The van der Waals surface area contributed by atoms with Crippen LogP contribution in [0.1, 0.15) is 18.2 Å². The third-order valence-electron chi connectivity index (χ3n) is 2.48. The molecule has 1 aromatic heterocycles. The molecule has 1 saturated heterocycles. The lowest BCUT2D eigenvalue weighted by Crippen LogP contribution is -2.26. The summed E-state index contributed by atoms with van der Waals surface area (Å²) in [6.07, 6.45) is -0.0804. The summed E-state index contributed by atoms with van der Waals surface area (Å²) in [6, 6.07) is 0. The van der Waals surface area contributed by atoms with E-state index in [-0.39, 0.29) is 5.92 Å². The van der Waals surface area contributed by atoms with Crippen molar-refractivity contribution in [2.75, 3.05) is 13.1 Å². The van der Waals surface area contributed by atoms with Gasteiger partial charge in [-0.15, -0.1) is 5.10 Å². The molecule has 0 aliphatic carbocycles. The molecule has 1 atom stereocenters. The number of rotatable bonds is 1. The summed E-state index contributed by atoms with van der Waals surface area (Å²) in [5, 5.41) is 19.9. The maximum Gasteiger partial charge on any atom is 0.407 e. The molecule has 14 heavy (non-hydrogen) atoms. The first-order chi connectivity index (χ1) is 6.68. The molecule has 0 spiro atoms. The van der Waals surface area contributed by atoms with Gasteiger partial charge >= 0.3 is 6.09 Å². The highest BCUT2D eigenvalue weighted by Crippen LogP contribution is 2.24. The number of amides is 1. The van der Waals surface area contributed by atoms with E-state index in [0.29, 0.717) is 13.1 Å². The second-order valence-corrected chi connectivity index (χ2v) is 3.37. The van der Waals surface area contributed by atoms with Crippen LogP contribution in [0.5, 0.6) is 0 Å².